The van der Waals surface area contributed by atoms with Gasteiger partial charge in [0.1, 0.15) is 12.4 Å². The maximum atomic E-state index is 12.6. The molecule has 0 saturated heterocycles. The molecule has 0 atom stereocenters. The van der Waals surface area contributed by atoms with Crippen LogP contribution in [0.15, 0.2) is 17.2 Å². The molecule has 0 fully saturated rings. The molecule has 0 saturated carbocycles. The van der Waals surface area contributed by atoms with E-state index in [0.29, 0.717) is 0 Å². The highest BCUT2D eigenvalue weighted by Gasteiger charge is 2.29. The topological polar surface area (TPSA) is 39.8 Å². The Morgan fingerprint density at radius 1 is 1.23 bits per heavy atom. The number of alkyl halides is 3. The van der Waals surface area contributed by atoms with Crippen molar-refractivity contribution in [2.75, 3.05) is 0 Å². The number of imidazole rings is 1. The lowest BCUT2D eigenvalue weighted by atomic mass is 10.2. The second-order valence-electron chi connectivity index (χ2n) is 5.47. The van der Waals surface area contributed by atoms with E-state index in [4.69, 9.17) is 0 Å². The molecule has 0 N–H and O–H groups in total. The van der Waals surface area contributed by atoms with E-state index in [1.54, 1.807) is 4.57 Å². The van der Waals surface area contributed by atoms with Crippen LogP contribution in [0.2, 0.25) is 0 Å². The maximum absolute atomic E-state index is 12.6. The lowest BCUT2D eigenvalue weighted by Crippen LogP contribution is -2.23. The summed E-state index contributed by atoms with van der Waals surface area (Å²) in [6.07, 6.45) is 3.25. The summed E-state index contributed by atoms with van der Waals surface area (Å²) < 4.78 is 40.4. The van der Waals surface area contributed by atoms with Crippen molar-refractivity contribution in [3.63, 3.8) is 0 Å². The molecular weight excluding hydrogens is 315 g/mol. The molecule has 22 heavy (non-hydrogen) atoms. The quantitative estimate of drug-likeness (QED) is 0.811. The van der Waals surface area contributed by atoms with Gasteiger partial charge in [0.2, 0.25) is 0 Å². The van der Waals surface area contributed by atoms with E-state index >= 15 is 0 Å². The molecule has 0 aliphatic heterocycles. The van der Waals surface area contributed by atoms with Crippen LogP contribution < -0.4 is 4.87 Å². The van der Waals surface area contributed by atoms with Crippen LogP contribution in [-0.2, 0) is 25.9 Å². The van der Waals surface area contributed by atoms with Crippen LogP contribution in [0.4, 0.5) is 13.2 Å². The first kappa shape index (κ1) is 15.3. The van der Waals surface area contributed by atoms with Gasteiger partial charge in [0, 0.05) is 23.0 Å². The molecular formula is C14H16F3N3OS. The molecule has 2 aromatic rings. The Morgan fingerprint density at radius 3 is 2.77 bits per heavy atom. The summed E-state index contributed by atoms with van der Waals surface area (Å²) in [4.78, 5) is 17.1. The van der Waals surface area contributed by atoms with E-state index in [0.717, 1.165) is 47.2 Å². The highest BCUT2D eigenvalue weighted by Crippen LogP contribution is 2.24. The zero-order valence-corrected chi connectivity index (χ0v) is 12.7. The molecule has 0 spiro atoms. The molecule has 1 aliphatic carbocycles. The van der Waals surface area contributed by atoms with Gasteiger partial charge in [-0.2, -0.15) is 13.2 Å². The normalized spacial score (nSPS) is 15.6. The monoisotopic (exact) mass is 331 g/mol. The van der Waals surface area contributed by atoms with Gasteiger partial charge in [0.25, 0.3) is 0 Å². The van der Waals surface area contributed by atoms with E-state index in [1.165, 1.54) is 23.7 Å². The van der Waals surface area contributed by atoms with Crippen LogP contribution in [0.1, 0.15) is 35.7 Å². The Kier molecular flexibility index (Phi) is 4.12. The minimum absolute atomic E-state index is 0.103. The first-order chi connectivity index (χ1) is 10.4. The summed E-state index contributed by atoms with van der Waals surface area (Å²) >= 11 is 1.22. The molecule has 0 aromatic carbocycles. The van der Waals surface area contributed by atoms with Gasteiger partial charge in [-0.1, -0.05) is 17.8 Å². The molecule has 1 aliphatic rings. The number of hydrogen-bond donors (Lipinski definition) is 0. The highest BCUT2D eigenvalue weighted by atomic mass is 32.1. The van der Waals surface area contributed by atoms with Gasteiger partial charge < -0.3 is 4.57 Å². The van der Waals surface area contributed by atoms with Crippen molar-refractivity contribution < 1.29 is 13.2 Å². The fourth-order valence-electron chi connectivity index (χ4n) is 2.83. The third-order valence-electron chi connectivity index (χ3n) is 3.85. The van der Waals surface area contributed by atoms with Crippen LogP contribution in [0.3, 0.4) is 0 Å². The van der Waals surface area contributed by atoms with E-state index < -0.39 is 12.7 Å². The largest absolute Gasteiger partial charge is 0.406 e. The molecule has 4 nitrogen and oxygen atoms in total. The van der Waals surface area contributed by atoms with Gasteiger partial charge in [-0.3, -0.25) is 9.36 Å². The van der Waals surface area contributed by atoms with Crippen LogP contribution in [0.5, 0.6) is 0 Å². The highest BCUT2D eigenvalue weighted by molar-refractivity contribution is 7.09. The molecule has 0 unspecified atom stereocenters. The van der Waals surface area contributed by atoms with Gasteiger partial charge in [-0.05, 0) is 25.7 Å². The molecule has 8 heteroatoms. The van der Waals surface area contributed by atoms with Gasteiger partial charge in [0.15, 0.2) is 0 Å². The number of aryl methyl sites for hydroxylation is 1. The van der Waals surface area contributed by atoms with Crippen LogP contribution in [0.25, 0.3) is 0 Å². The number of nitrogens with zero attached hydrogens (tertiary/aromatic N) is 3. The minimum Gasteiger partial charge on any atom is -0.324 e. The fourth-order valence-corrected chi connectivity index (χ4v) is 3.91. The molecule has 3 rings (SSSR count). The van der Waals surface area contributed by atoms with Gasteiger partial charge >= 0.3 is 11.0 Å². The van der Waals surface area contributed by atoms with Crippen molar-refractivity contribution in [3.8, 4) is 0 Å². The fraction of sp³-hybridized carbons (Fsp3) is 0.571. The summed E-state index contributed by atoms with van der Waals surface area (Å²) in [5.74, 6) is 0.268. The predicted octanol–water partition coefficient (Wildman–Crippen LogP) is 2.99. The molecule has 2 aromatic heterocycles. The Morgan fingerprint density at radius 2 is 2.00 bits per heavy atom. The number of aromatic nitrogens is 3. The van der Waals surface area contributed by atoms with Gasteiger partial charge in [0.05, 0.1) is 6.54 Å². The maximum Gasteiger partial charge on any atom is 0.406 e. The van der Waals surface area contributed by atoms with Crippen molar-refractivity contribution in [1.29, 1.82) is 0 Å². The second-order valence-corrected chi connectivity index (χ2v) is 6.52. The van der Waals surface area contributed by atoms with E-state index in [1.807, 2.05) is 0 Å². The van der Waals surface area contributed by atoms with Crippen molar-refractivity contribution in [3.05, 3.63) is 38.5 Å². The van der Waals surface area contributed by atoms with Crippen LogP contribution in [0, 0.1) is 0 Å². The van der Waals surface area contributed by atoms with E-state index in [2.05, 4.69) is 4.98 Å². The molecule has 0 radical (unpaired) electrons. The number of halogens is 3. The summed E-state index contributed by atoms with van der Waals surface area (Å²) in [5, 5.41) is 0. The van der Waals surface area contributed by atoms with E-state index in [-0.39, 0.29) is 17.2 Å². The second kappa shape index (κ2) is 5.91. The number of hydrogen-bond acceptors (Lipinski definition) is 3. The third kappa shape index (κ3) is 3.26. The SMILES string of the molecule is O=c1sc2c(n1Cc1nccn1CC(F)(F)F)CCCCC2. The first-order valence-corrected chi connectivity index (χ1v) is 8.04. The molecule has 120 valence electrons. The average Bonchev–Trinajstić information content (AvgIpc) is 2.87. The Labute approximate surface area is 129 Å². The van der Waals surface area contributed by atoms with Crippen molar-refractivity contribution in [1.82, 2.24) is 14.1 Å². The van der Waals surface area contributed by atoms with Crippen molar-refractivity contribution in [2.45, 2.75) is 51.4 Å². The molecule has 0 bridgehead atoms. The van der Waals surface area contributed by atoms with Crippen LogP contribution in [-0.4, -0.2) is 20.3 Å². The third-order valence-corrected chi connectivity index (χ3v) is 4.93. The smallest absolute Gasteiger partial charge is 0.324 e. The molecule has 0 amide bonds. The lowest BCUT2D eigenvalue weighted by Gasteiger charge is -2.12. The van der Waals surface area contributed by atoms with Gasteiger partial charge in [-0.15, -0.1) is 0 Å². The zero-order chi connectivity index (χ0) is 15.7. The van der Waals surface area contributed by atoms with Crippen molar-refractivity contribution >= 4 is 11.3 Å². The van der Waals surface area contributed by atoms with Crippen LogP contribution >= 0.6 is 11.3 Å². The Balaban J connectivity index is 1.90. The Hall–Kier alpha value is -1.57. The average molecular weight is 331 g/mol. The van der Waals surface area contributed by atoms with E-state index in [9.17, 15) is 18.0 Å². The number of rotatable bonds is 3. The summed E-state index contributed by atoms with van der Waals surface area (Å²) in [6, 6.07) is 0. The number of thiazole rings is 1. The first-order valence-electron chi connectivity index (χ1n) is 7.22. The van der Waals surface area contributed by atoms with Crippen molar-refractivity contribution in [2.24, 2.45) is 0 Å². The van der Waals surface area contributed by atoms with Gasteiger partial charge in [-0.25, -0.2) is 4.98 Å². The summed E-state index contributed by atoms with van der Waals surface area (Å²) in [6.45, 7) is -0.975. The summed E-state index contributed by atoms with van der Waals surface area (Å²) in [7, 11) is 0. The zero-order valence-electron chi connectivity index (χ0n) is 11.9. The minimum atomic E-state index is -4.30. The number of fused-ring (bicyclic) bond motifs is 1. The predicted molar refractivity (Wildman–Crippen MR) is 77.2 cm³/mol. The standard InChI is InChI=1S/C14H16F3N3OS/c15-14(16,17)9-19-7-6-18-12(19)8-20-10-4-2-1-3-5-11(10)22-13(20)21/h6-7H,1-5,8-9H2. The Bertz CT molecular complexity index is 714. The summed E-state index contributed by atoms with van der Waals surface area (Å²) in [5.41, 5.74) is 0.981. The lowest BCUT2D eigenvalue weighted by molar-refractivity contribution is -0.141. The molecule has 2 heterocycles.